The van der Waals surface area contributed by atoms with Crippen LogP contribution >= 0.6 is 0 Å². The number of hydrogen-bond acceptors (Lipinski definition) is 2. The maximum atomic E-state index is 13.1. The molecule has 0 aromatic heterocycles. The molecule has 0 amide bonds. The zero-order valence-corrected chi connectivity index (χ0v) is 8.77. The third-order valence-electron chi connectivity index (χ3n) is 2.02. The predicted octanol–water partition coefficient (Wildman–Crippen LogP) is 4.08. The molecule has 2 rings (SSSR count). The highest BCUT2D eigenvalue weighted by molar-refractivity contribution is 5.42. The maximum absolute atomic E-state index is 13.1. The Morgan fingerprint density at radius 3 is 2.47 bits per heavy atom. The molecular weight excluding hydrogens is 224 g/mol. The number of benzene rings is 2. The largest absolute Gasteiger partial charge is 0.260 e. The Hall–Kier alpha value is -2.30. The van der Waals surface area contributed by atoms with Gasteiger partial charge < -0.3 is 0 Å². The standard InChI is InChI=1S/C12H9F2N3/c13-9-6-7-11(14)12(8-9)16-17-15-10-4-2-1-3-5-10/h1-8H,(H,15,16). The fourth-order valence-corrected chi connectivity index (χ4v) is 1.21. The average molecular weight is 233 g/mol. The van der Waals surface area contributed by atoms with Crippen molar-refractivity contribution in [2.75, 3.05) is 5.43 Å². The number of hydrogen-bond donors (Lipinski definition) is 1. The molecule has 2 aromatic carbocycles. The molecule has 0 aliphatic carbocycles. The van der Waals surface area contributed by atoms with Crippen molar-refractivity contribution >= 4 is 11.4 Å². The van der Waals surface area contributed by atoms with Crippen LogP contribution in [0.5, 0.6) is 0 Å². The predicted molar refractivity (Wildman–Crippen MR) is 60.9 cm³/mol. The quantitative estimate of drug-likeness (QED) is 0.629. The van der Waals surface area contributed by atoms with Gasteiger partial charge in [-0.15, -0.1) is 5.11 Å². The molecule has 0 atom stereocenters. The van der Waals surface area contributed by atoms with Crippen LogP contribution in [0.1, 0.15) is 0 Å². The van der Waals surface area contributed by atoms with Crippen LogP contribution in [0.2, 0.25) is 0 Å². The lowest BCUT2D eigenvalue weighted by Gasteiger charge is -1.98. The van der Waals surface area contributed by atoms with Gasteiger partial charge in [-0.1, -0.05) is 23.4 Å². The van der Waals surface area contributed by atoms with E-state index in [1.807, 2.05) is 18.2 Å². The van der Waals surface area contributed by atoms with Crippen LogP contribution in [0.3, 0.4) is 0 Å². The van der Waals surface area contributed by atoms with Gasteiger partial charge in [0.05, 0.1) is 5.69 Å². The smallest absolute Gasteiger partial charge is 0.150 e. The summed E-state index contributed by atoms with van der Waals surface area (Å²) in [7, 11) is 0. The summed E-state index contributed by atoms with van der Waals surface area (Å²) < 4.78 is 26.0. The molecule has 0 radical (unpaired) electrons. The van der Waals surface area contributed by atoms with Crippen molar-refractivity contribution in [1.82, 2.24) is 0 Å². The first-order chi connectivity index (χ1) is 8.25. The van der Waals surface area contributed by atoms with Crippen molar-refractivity contribution in [2.45, 2.75) is 0 Å². The van der Waals surface area contributed by atoms with Gasteiger partial charge in [-0.25, -0.2) is 8.78 Å². The molecule has 86 valence electrons. The molecule has 0 heterocycles. The average Bonchev–Trinajstić information content (AvgIpc) is 2.35. The highest BCUT2D eigenvalue weighted by Gasteiger charge is 2.01. The summed E-state index contributed by atoms with van der Waals surface area (Å²) in [6.07, 6.45) is 0. The summed E-state index contributed by atoms with van der Waals surface area (Å²) >= 11 is 0. The normalized spacial score (nSPS) is 10.7. The van der Waals surface area contributed by atoms with Gasteiger partial charge in [-0.05, 0) is 24.3 Å². The summed E-state index contributed by atoms with van der Waals surface area (Å²) in [6, 6.07) is 12.1. The monoisotopic (exact) mass is 233 g/mol. The van der Waals surface area contributed by atoms with Crippen LogP contribution < -0.4 is 5.43 Å². The second-order valence-electron chi connectivity index (χ2n) is 3.27. The van der Waals surface area contributed by atoms with Crippen LogP contribution in [0.4, 0.5) is 20.2 Å². The first kappa shape index (κ1) is 11.2. The highest BCUT2D eigenvalue weighted by Crippen LogP contribution is 2.19. The van der Waals surface area contributed by atoms with Gasteiger partial charge in [0.1, 0.15) is 11.5 Å². The Morgan fingerprint density at radius 1 is 0.941 bits per heavy atom. The van der Waals surface area contributed by atoms with Crippen molar-refractivity contribution in [3.63, 3.8) is 0 Å². The SMILES string of the molecule is Fc1ccc(F)c(N=NNc2ccccc2)c1. The maximum Gasteiger partial charge on any atom is 0.150 e. The van der Waals surface area contributed by atoms with E-state index in [4.69, 9.17) is 0 Å². The van der Waals surface area contributed by atoms with Crippen molar-refractivity contribution in [3.8, 4) is 0 Å². The van der Waals surface area contributed by atoms with Gasteiger partial charge in [0, 0.05) is 6.07 Å². The van der Waals surface area contributed by atoms with E-state index in [9.17, 15) is 8.78 Å². The summed E-state index contributed by atoms with van der Waals surface area (Å²) in [5.41, 5.74) is 3.18. The minimum absolute atomic E-state index is 0.145. The van der Waals surface area contributed by atoms with E-state index in [1.54, 1.807) is 12.1 Å². The number of anilines is 1. The fourth-order valence-electron chi connectivity index (χ4n) is 1.21. The van der Waals surface area contributed by atoms with Crippen LogP contribution in [-0.4, -0.2) is 0 Å². The highest BCUT2D eigenvalue weighted by atomic mass is 19.1. The molecule has 0 bridgehead atoms. The lowest BCUT2D eigenvalue weighted by atomic mass is 10.3. The molecule has 0 saturated heterocycles. The molecule has 5 heteroatoms. The third-order valence-corrected chi connectivity index (χ3v) is 2.02. The Kier molecular flexibility index (Phi) is 3.40. The number of rotatable bonds is 3. The number of nitrogens with zero attached hydrogens (tertiary/aromatic N) is 2. The zero-order chi connectivity index (χ0) is 12.1. The third kappa shape index (κ3) is 3.07. The van der Waals surface area contributed by atoms with Crippen molar-refractivity contribution < 1.29 is 8.78 Å². The summed E-state index contributed by atoms with van der Waals surface area (Å²) in [5, 5.41) is 7.14. The van der Waals surface area contributed by atoms with E-state index < -0.39 is 11.6 Å². The van der Waals surface area contributed by atoms with Crippen molar-refractivity contribution in [2.24, 2.45) is 10.3 Å². The van der Waals surface area contributed by atoms with E-state index in [0.717, 1.165) is 18.2 Å². The molecule has 17 heavy (non-hydrogen) atoms. The molecular formula is C12H9F2N3. The van der Waals surface area contributed by atoms with E-state index in [1.165, 1.54) is 0 Å². The van der Waals surface area contributed by atoms with E-state index in [0.29, 0.717) is 5.69 Å². The van der Waals surface area contributed by atoms with Gasteiger partial charge in [-0.3, -0.25) is 5.43 Å². The molecule has 1 N–H and O–H groups in total. The first-order valence-electron chi connectivity index (χ1n) is 4.92. The van der Waals surface area contributed by atoms with Crippen LogP contribution in [0.15, 0.2) is 58.9 Å². The van der Waals surface area contributed by atoms with Gasteiger partial charge in [0.25, 0.3) is 0 Å². The lowest BCUT2D eigenvalue weighted by molar-refractivity contribution is 0.600. The molecule has 0 aliphatic heterocycles. The Labute approximate surface area is 96.8 Å². The lowest BCUT2D eigenvalue weighted by Crippen LogP contribution is -1.85. The van der Waals surface area contributed by atoms with Gasteiger partial charge in [0.2, 0.25) is 0 Å². The molecule has 0 aliphatic rings. The second kappa shape index (κ2) is 5.16. The minimum atomic E-state index is -0.620. The molecule has 0 spiro atoms. The Bertz CT molecular complexity index is 527. The van der Waals surface area contributed by atoms with Crippen molar-refractivity contribution in [3.05, 3.63) is 60.2 Å². The van der Waals surface area contributed by atoms with E-state index >= 15 is 0 Å². The summed E-state index contributed by atoms with van der Waals surface area (Å²) in [5.74, 6) is -1.18. The number of nitrogens with one attached hydrogen (secondary N) is 1. The van der Waals surface area contributed by atoms with E-state index in [-0.39, 0.29) is 5.69 Å². The molecule has 2 aromatic rings. The summed E-state index contributed by atoms with van der Waals surface area (Å²) in [6.45, 7) is 0. The second-order valence-corrected chi connectivity index (χ2v) is 3.27. The fraction of sp³-hybridized carbons (Fsp3) is 0. The first-order valence-corrected chi connectivity index (χ1v) is 4.92. The topological polar surface area (TPSA) is 36.8 Å². The van der Waals surface area contributed by atoms with E-state index in [2.05, 4.69) is 15.8 Å². The number of halogens is 2. The molecule has 0 saturated carbocycles. The summed E-state index contributed by atoms with van der Waals surface area (Å²) in [4.78, 5) is 0. The van der Waals surface area contributed by atoms with Crippen LogP contribution in [-0.2, 0) is 0 Å². The van der Waals surface area contributed by atoms with Crippen molar-refractivity contribution in [1.29, 1.82) is 0 Å². The van der Waals surface area contributed by atoms with Gasteiger partial charge >= 0.3 is 0 Å². The number of para-hydroxylation sites is 1. The van der Waals surface area contributed by atoms with Crippen LogP contribution in [0, 0.1) is 11.6 Å². The van der Waals surface area contributed by atoms with Crippen LogP contribution in [0.25, 0.3) is 0 Å². The Balaban J connectivity index is 2.08. The molecule has 0 fully saturated rings. The molecule has 0 unspecified atom stereocenters. The molecule has 3 nitrogen and oxygen atoms in total. The minimum Gasteiger partial charge on any atom is -0.260 e. The zero-order valence-electron chi connectivity index (χ0n) is 8.77. The van der Waals surface area contributed by atoms with Gasteiger partial charge in [0.15, 0.2) is 5.82 Å². The van der Waals surface area contributed by atoms with Gasteiger partial charge in [-0.2, -0.15) is 0 Å². The Morgan fingerprint density at radius 2 is 1.71 bits per heavy atom.